The van der Waals surface area contributed by atoms with E-state index >= 15 is 0 Å². The molecular weight excluding hydrogens is 188 g/mol. The number of pyridine rings is 2. The molecular formula is C12H10N2O. The van der Waals surface area contributed by atoms with E-state index in [9.17, 15) is 4.79 Å². The third-order valence-electron chi connectivity index (χ3n) is 2.07. The van der Waals surface area contributed by atoms with Crippen molar-refractivity contribution in [3.05, 3.63) is 48.4 Å². The summed E-state index contributed by atoms with van der Waals surface area (Å²) in [4.78, 5) is 19.4. The Labute approximate surface area is 87.8 Å². The smallest absolute Gasteiger partial charge is 0.178 e. The maximum Gasteiger partial charge on any atom is 0.178 e. The van der Waals surface area contributed by atoms with Crippen LogP contribution in [0.3, 0.4) is 0 Å². The first kappa shape index (κ1) is 9.52. The van der Waals surface area contributed by atoms with Crippen LogP contribution in [-0.4, -0.2) is 15.8 Å². The highest BCUT2D eigenvalue weighted by Gasteiger charge is 2.03. The maximum absolute atomic E-state index is 11.2. The van der Waals surface area contributed by atoms with Crippen molar-refractivity contribution in [3.8, 4) is 11.3 Å². The quantitative estimate of drug-likeness (QED) is 0.695. The monoisotopic (exact) mass is 198 g/mol. The molecule has 0 aliphatic rings. The van der Waals surface area contributed by atoms with Gasteiger partial charge in [0.15, 0.2) is 5.78 Å². The Bertz CT molecular complexity index is 480. The van der Waals surface area contributed by atoms with Gasteiger partial charge in [-0.2, -0.15) is 0 Å². The Balaban J connectivity index is 2.46. The van der Waals surface area contributed by atoms with E-state index in [1.807, 2.05) is 24.3 Å². The van der Waals surface area contributed by atoms with Gasteiger partial charge in [-0.05, 0) is 24.3 Å². The van der Waals surface area contributed by atoms with Gasteiger partial charge in [0.25, 0.3) is 0 Å². The number of hydrogen-bond donors (Lipinski definition) is 0. The average Bonchev–Trinajstić information content (AvgIpc) is 2.30. The van der Waals surface area contributed by atoms with Crippen LogP contribution in [0.15, 0.2) is 42.7 Å². The number of ketones is 1. The minimum atomic E-state index is -0.0271. The molecule has 2 rings (SSSR count). The zero-order valence-electron chi connectivity index (χ0n) is 8.34. The molecule has 0 fully saturated rings. The first-order valence-corrected chi connectivity index (χ1v) is 4.66. The molecule has 0 saturated heterocycles. The summed E-state index contributed by atoms with van der Waals surface area (Å²) < 4.78 is 0. The lowest BCUT2D eigenvalue weighted by Gasteiger charge is -2.01. The molecule has 0 N–H and O–H groups in total. The van der Waals surface area contributed by atoms with Crippen molar-refractivity contribution in [2.45, 2.75) is 6.92 Å². The largest absolute Gasteiger partial charge is 0.293 e. The molecule has 0 bridgehead atoms. The molecule has 0 aliphatic carbocycles. The van der Waals surface area contributed by atoms with Gasteiger partial charge < -0.3 is 0 Å². The molecule has 0 atom stereocenters. The van der Waals surface area contributed by atoms with E-state index in [1.165, 1.54) is 6.92 Å². The van der Waals surface area contributed by atoms with Crippen LogP contribution in [0.4, 0.5) is 0 Å². The minimum Gasteiger partial charge on any atom is -0.293 e. The molecule has 0 unspecified atom stereocenters. The molecule has 0 amide bonds. The van der Waals surface area contributed by atoms with Crippen LogP contribution in [0.5, 0.6) is 0 Å². The van der Waals surface area contributed by atoms with Gasteiger partial charge in [-0.25, -0.2) is 4.98 Å². The predicted molar refractivity (Wildman–Crippen MR) is 57.5 cm³/mol. The van der Waals surface area contributed by atoms with Crippen LogP contribution in [0.25, 0.3) is 11.3 Å². The fourth-order valence-electron chi connectivity index (χ4n) is 1.31. The van der Waals surface area contributed by atoms with Gasteiger partial charge in [0.2, 0.25) is 0 Å². The molecule has 15 heavy (non-hydrogen) atoms. The molecule has 0 spiro atoms. The number of rotatable bonds is 2. The highest BCUT2D eigenvalue weighted by Crippen LogP contribution is 2.15. The summed E-state index contributed by atoms with van der Waals surface area (Å²) in [5, 5.41) is 0. The molecule has 2 aromatic heterocycles. The SMILES string of the molecule is CC(=O)c1cccc(-c2cccnc2)n1. The van der Waals surface area contributed by atoms with Crippen molar-refractivity contribution in [1.82, 2.24) is 9.97 Å². The molecule has 0 aromatic carbocycles. The molecule has 0 radical (unpaired) electrons. The fourth-order valence-corrected chi connectivity index (χ4v) is 1.31. The Hall–Kier alpha value is -2.03. The summed E-state index contributed by atoms with van der Waals surface area (Å²) >= 11 is 0. The third-order valence-corrected chi connectivity index (χ3v) is 2.07. The topological polar surface area (TPSA) is 42.9 Å². The van der Waals surface area contributed by atoms with E-state index in [2.05, 4.69) is 9.97 Å². The summed E-state index contributed by atoms with van der Waals surface area (Å²) in [6.07, 6.45) is 3.44. The number of aromatic nitrogens is 2. The van der Waals surface area contributed by atoms with Crippen LogP contribution in [-0.2, 0) is 0 Å². The van der Waals surface area contributed by atoms with Gasteiger partial charge in [-0.15, -0.1) is 0 Å². The van der Waals surface area contributed by atoms with Gasteiger partial charge in [0.05, 0.1) is 5.69 Å². The van der Waals surface area contributed by atoms with Crippen LogP contribution in [0.2, 0.25) is 0 Å². The van der Waals surface area contributed by atoms with E-state index in [0.717, 1.165) is 11.3 Å². The van der Waals surface area contributed by atoms with Crippen LogP contribution < -0.4 is 0 Å². The highest BCUT2D eigenvalue weighted by atomic mass is 16.1. The van der Waals surface area contributed by atoms with Crippen molar-refractivity contribution in [1.29, 1.82) is 0 Å². The second-order valence-corrected chi connectivity index (χ2v) is 3.21. The predicted octanol–water partition coefficient (Wildman–Crippen LogP) is 2.35. The van der Waals surface area contributed by atoms with Crippen molar-refractivity contribution < 1.29 is 4.79 Å². The summed E-state index contributed by atoms with van der Waals surface area (Å²) in [6, 6.07) is 9.16. The molecule has 2 heterocycles. The first-order chi connectivity index (χ1) is 7.27. The summed E-state index contributed by atoms with van der Waals surface area (Å²) in [6.45, 7) is 1.51. The summed E-state index contributed by atoms with van der Waals surface area (Å²) in [7, 11) is 0. The number of carbonyl (C=O) groups is 1. The second kappa shape index (κ2) is 4.00. The number of carbonyl (C=O) groups excluding carboxylic acids is 1. The molecule has 74 valence electrons. The van der Waals surface area contributed by atoms with Crippen LogP contribution >= 0.6 is 0 Å². The molecule has 3 nitrogen and oxygen atoms in total. The number of nitrogens with zero attached hydrogens (tertiary/aromatic N) is 2. The number of Topliss-reactive ketones (excluding diaryl/α,β-unsaturated/α-hetero) is 1. The van der Waals surface area contributed by atoms with E-state index in [4.69, 9.17) is 0 Å². The van der Waals surface area contributed by atoms with Gasteiger partial charge >= 0.3 is 0 Å². The Morgan fingerprint density at radius 3 is 2.73 bits per heavy atom. The van der Waals surface area contributed by atoms with Gasteiger partial charge in [-0.3, -0.25) is 9.78 Å². The van der Waals surface area contributed by atoms with Gasteiger partial charge in [0.1, 0.15) is 5.69 Å². The standard InChI is InChI=1S/C12H10N2O/c1-9(15)11-5-2-6-12(14-11)10-4-3-7-13-8-10/h2-8H,1H3. The van der Waals surface area contributed by atoms with Crippen molar-refractivity contribution in [2.75, 3.05) is 0 Å². The van der Waals surface area contributed by atoms with Crippen LogP contribution in [0, 0.1) is 0 Å². The summed E-state index contributed by atoms with van der Waals surface area (Å²) in [5.74, 6) is -0.0271. The fraction of sp³-hybridized carbons (Fsp3) is 0.0833. The van der Waals surface area contributed by atoms with Crippen molar-refractivity contribution in [2.24, 2.45) is 0 Å². The Kier molecular flexibility index (Phi) is 2.54. The normalized spacial score (nSPS) is 9.93. The molecule has 0 saturated carbocycles. The van der Waals surface area contributed by atoms with E-state index < -0.39 is 0 Å². The van der Waals surface area contributed by atoms with Gasteiger partial charge in [0, 0.05) is 24.9 Å². The minimum absolute atomic E-state index is 0.0271. The maximum atomic E-state index is 11.2. The Morgan fingerprint density at radius 2 is 2.07 bits per heavy atom. The zero-order chi connectivity index (χ0) is 10.7. The molecule has 0 aliphatic heterocycles. The lowest BCUT2D eigenvalue weighted by atomic mass is 10.1. The van der Waals surface area contributed by atoms with E-state index in [1.54, 1.807) is 18.5 Å². The second-order valence-electron chi connectivity index (χ2n) is 3.21. The highest BCUT2D eigenvalue weighted by molar-refractivity contribution is 5.92. The number of hydrogen-bond acceptors (Lipinski definition) is 3. The summed E-state index contributed by atoms with van der Waals surface area (Å²) in [5.41, 5.74) is 2.17. The molecule has 3 heteroatoms. The lowest BCUT2D eigenvalue weighted by molar-refractivity contribution is 0.101. The van der Waals surface area contributed by atoms with E-state index in [-0.39, 0.29) is 5.78 Å². The Morgan fingerprint density at radius 1 is 1.20 bits per heavy atom. The zero-order valence-corrected chi connectivity index (χ0v) is 8.34. The van der Waals surface area contributed by atoms with E-state index in [0.29, 0.717) is 5.69 Å². The first-order valence-electron chi connectivity index (χ1n) is 4.66. The average molecular weight is 198 g/mol. The van der Waals surface area contributed by atoms with Crippen molar-refractivity contribution >= 4 is 5.78 Å². The third kappa shape index (κ3) is 2.07. The molecule has 2 aromatic rings. The lowest BCUT2D eigenvalue weighted by Crippen LogP contribution is -1.97. The van der Waals surface area contributed by atoms with Gasteiger partial charge in [-0.1, -0.05) is 6.07 Å². The van der Waals surface area contributed by atoms with Crippen molar-refractivity contribution in [3.63, 3.8) is 0 Å². The van der Waals surface area contributed by atoms with Crippen LogP contribution in [0.1, 0.15) is 17.4 Å².